The number of aromatic nitrogens is 3. The van der Waals surface area contributed by atoms with Crippen molar-refractivity contribution in [3.05, 3.63) is 15.3 Å². The van der Waals surface area contributed by atoms with E-state index in [1.165, 1.54) is 12.8 Å². The maximum Gasteiger partial charge on any atom is 0.342 e. The van der Waals surface area contributed by atoms with Crippen molar-refractivity contribution in [2.75, 3.05) is 6.26 Å². The van der Waals surface area contributed by atoms with Crippen LogP contribution < -0.4 is 5.69 Å². The third kappa shape index (κ3) is 2.20. The van der Waals surface area contributed by atoms with Gasteiger partial charge in [0.2, 0.25) is 0 Å². The van der Waals surface area contributed by atoms with Crippen LogP contribution in [0, 0.1) is 4.77 Å². The fourth-order valence-electron chi connectivity index (χ4n) is 2.19. The topological polar surface area (TPSA) is 53.6 Å². The normalized spacial score (nSPS) is 26.7. The SMILES string of the molecule is CSC1CCC(n2c(=O)[nH][nH]c2=S)CC1. The van der Waals surface area contributed by atoms with Crippen LogP contribution in [0.3, 0.4) is 0 Å². The fraction of sp³-hybridized carbons (Fsp3) is 0.778. The number of hydrogen-bond acceptors (Lipinski definition) is 3. The second-order valence-corrected chi connectivity index (χ2v) is 5.42. The van der Waals surface area contributed by atoms with Gasteiger partial charge >= 0.3 is 5.69 Å². The van der Waals surface area contributed by atoms with Gasteiger partial charge in [0.05, 0.1) is 0 Å². The second kappa shape index (κ2) is 4.57. The van der Waals surface area contributed by atoms with Crippen molar-refractivity contribution in [2.45, 2.75) is 37.0 Å². The maximum atomic E-state index is 11.5. The molecule has 1 aliphatic rings. The minimum Gasteiger partial charge on any atom is -0.272 e. The number of thioether (sulfide) groups is 1. The Bertz CT molecular complexity index is 398. The maximum absolute atomic E-state index is 11.5. The van der Waals surface area contributed by atoms with E-state index in [2.05, 4.69) is 16.5 Å². The van der Waals surface area contributed by atoms with Crippen LogP contribution in [-0.2, 0) is 0 Å². The van der Waals surface area contributed by atoms with E-state index in [1.807, 2.05) is 11.8 Å². The van der Waals surface area contributed by atoms with E-state index in [9.17, 15) is 4.79 Å². The Morgan fingerprint density at radius 3 is 2.47 bits per heavy atom. The van der Waals surface area contributed by atoms with Crippen molar-refractivity contribution >= 4 is 24.0 Å². The second-order valence-electron chi connectivity index (χ2n) is 3.90. The average Bonchev–Trinajstić information content (AvgIpc) is 2.59. The zero-order valence-corrected chi connectivity index (χ0v) is 10.3. The van der Waals surface area contributed by atoms with E-state index < -0.39 is 0 Å². The van der Waals surface area contributed by atoms with Gasteiger partial charge in [-0.2, -0.15) is 11.8 Å². The molecule has 0 aromatic carbocycles. The summed E-state index contributed by atoms with van der Waals surface area (Å²) in [4.78, 5) is 11.5. The molecule has 84 valence electrons. The van der Waals surface area contributed by atoms with Gasteiger partial charge in [-0.05, 0) is 44.2 Å². The predicted molar refractivity (Wildman–Crippen MR) is 65.0 cm³/mol. The third-order valence-corrected chi connectivity index (χ3v) is 4.49. The van der Waals surface area contributed by atoms with Crippen LogP contribution >= 0.6 is 24.0 Å². The van der Waals surface area contributed by atoms with E-state index in [0.29, 0.717) is 4.77 Å². The van der Waals surface area contributed by atoms with Crippen molar-refractivity contribution in [1.82, 2.24) is 14.8 Å². The van der Waals surface area contributed by atoms with E-state index in [0.717, 1.165) is 18.1 Å². The standard InChI is InChI=1S/C9H15N3OS2/c1-15-7-4-2-6(3-5-7)12-8(13)10-11-9(12)14/h6-7H,2-5H2,1H3,(H,10,13)(H,11,14). The van der Waals surface area contributed by atoms with Crippen molar-refractivity contribution < 1.29 is 0 Å². The summed E-state index contributed by atoms with van der Waals surface area (Å²) in [5.41, 5.74) is -0.104. The number of nitrogens with zero attached hydrogens (tertiary/aromatic N) is 1. The lowest BCUT2D eigenvalue weighted by Crippen LogP contribution is -2.27. The van der Waals surface area contributed by atoms with Gasteiger partial charge in [0.15, 0.2) is 4.77 Å². The van der Waals surface area contributed by atoms with Gasteiger partial charge in [-0.1, -0.05) is 0 Å². The largest absolute Gasteiger partial charge is 0.342 e. The monoisotopic (exact) mass is 245 g/mol. The first-order chi connectivity index (χ1) is 7.22. The predicted octanol–water partition coefficient (Wildman–Crippen LogP) is 2.08. The quantitative estimate of drug-likeness (QED) is 0.784. The van der Waals surface area contributed by atoms with Gasteiger partial charge in [0, 0.05) is 11.3 Å². The average molecular weight is 245 g/mol. The molecule has 0 unspecified atom stereocenters. The highest BCUT2D eigenvalue weighted by molar-refractivity contribution is 7.99. The van der Waals surface area contributed by atoms with Crippen LogP contribution in [0.15, 0.2) is 4.79 Å². The molecule has 0 aliphatic heterocycles. The number of rotatable bonds is 2. The Morgan fingerprint density at radius 1 is 1.33 bits per heavy atom. The summed E-state index contributed by atoms with van der Waals surface area (Å²) in [5, 5.41) is 5.98. The Balaban J connectivity index is 2.14. The number of aromatic amines is 2. The highest BCUT2D eigenvalue weighted by Gasteiger charge is 2.23. The lowest BCUT2D eigenvalue weighted by atomic mass is 9.95. The summed E-state index contributed by atoms with van der Waals surface area (Å²) >= 11 is 7.01. The molecule has 6 heteroatoms. The van der Waals surface area contributed by atoms with Gasteiger partial charge in [0.25, 0.3) is 0 Å². The molecule has 1 heterocycles. The van der Waals surface area contributed by atoms with Crippen molar-refractivity contribution in [3.63, 3.8) is 0 Å². The Labute approximate surface area is 97.5 Å². The summed E-state index contributed by atoms with van der Waals surface area (Å²) < 4.78 is 2.21. The molecular formula is C9H15N3OS2. The Morgan fingerprint density at radius 2 is 2.00 bits per heavy atom. The third-order valence-electron chi connectivity index (χ3n) is 3.06. The van der Waals surface area contributed by atoms with Gasteiger partial charge in [-0.25, -0.2) is 9.89 Å². The molecule has 2 rings (SSSR count). The van der Waals surface area contributed by atoms with E-state index >= 15 is 0 Å². The first kappa shape index (κ1) is 11.0. The highest BCUT2D eigenvalue weighted by atomic mass is 32.2. The number of H-pyrrole nitrogens is 2. The van der Waals surface area contributed by atoms with Crippen LogP contribution in [0.5, 0.6) is 0 Å². The van der Waals surface area contributed by atoms with Crippen molar-refractivity contribution in [2.24, 2.45) is 0 Å². The summed E-state index contributed by atoms with van der Waals surface area (Å²) in [6.45, 7) is 0. The van der Waals surface area contributed by atoms with Crippen LogP contribution in [-0.4, -0.2) is 26.3 Å². The first-order valence-electron chi connectivity index (χ1n) is 5.14. The van der Waals surface area contributed by atoms with Crippen LogP contribution in [0.2, 0.25) is 0 Å². The fourth-order valence-corrected chi connectivity index (χ4v) is 3.22. The van der Waals surface area contributed by atoms with Gasteiger partial charge in [-0.3, -0.25) is 9.67 Å². The molecule has 4 nitrogen and oxygen atoms in total. The molecule has 1 fully saturated rings. The molecule has 2 N–H and O–H groups in total. The zero-order valence-electron chi connectivity index (χ0n) is 8.66. The molecular weight excluding hydrogens is 230 g/mol. The Hall–Kier alpha value is -0.490. The summed E-state index contributed by atoms with van der Waals surface area (Å²) in [6.07, 6.45) is 6.62. The van der Waals surface area contributed by atoms with Crippen molar-refractivity contribution in [3.8, 4) is 0 Å². The molecule has 0 radical (unpaired) electrons. The molecule has 1 saturated carbocycles. The number of nitrogens with one attached hydrogen (secondary N) is 2. The van der Waals surface area contributed by atoms with Crippen LogP contribution in [0.4, 0.5) is 0 Å². The lowest BCUT2D eigenvalue weighted by molar-refractivity contribution is 0.350. The van der Waals surface area contributed by atoms with E-state index in [-0.39, 0.29) is 11.7 Å². The van der Waals surface area contributed by atoms with Gasteiger partial charge in [0.1, 0.15) is 0 Å². The lowest BCUT2D eigenvalue weighted by Gasteiger charge is -2.27. The molecule has 0 atom stereocenters. The molecule has 1 aliphatic carbocycles. The minimum atomic E-state index is -0.104. The van der Waals surface area contributed by atoms with E-state index in [1.54, 1.807) is 4.57 Å². The molecule has 0 spiro atoms. The first-order valence-corrected chi connectivity index (χ1v) is 6.84. The smallest absolute Gasteiger partial charge is 0.272 e. The molecule has 1 aromatic rings. The molecule has 0 amide bonds. The van der Waals surface area contributed by atoms with Gasteiger partial charge in [-0.15, -0.1) is 0 Å². The highest BCUT2D eigenvalue weighted by Crippen LogP contribution is 2.32. The molecule has 1 aromatic heterocycles. The van der Waals surface area contributed by atoms with Crippen LogP contribution in [0.1, 0.15) is 31.7 Å². The van der Waals surface area contributed by atoms with Crippen molar-refractivity contribution in [1.29, 1.82) is 0 Å². The molecule has 0 saturated heterocycles. The summed E-state index contributed by atoms with van der Waals surface area (Å²) in [6, 6.07) is 0.288. The van der Waals surface area contributed by atoms with Crippen LogP contribution in [0.25, 0.3) is 0 Å². The number of hydrogen-bond donors (Lipinski definition) is 2. The zero-order chi connectivity index (χ0) is 10.8. The minimum absolute atomic E-state index is 0.104. The Kier molecular flexibility index (Phi) is 3.35. The molecule has 15 heavy (non-hydrogen) atoms. The molecule has 0 bridgehead atoms. The summed E-state index contributed by atoms with van der Waals surface area (Å²) in [7, 11) is 0. The summed E-state index contributed by atoms with van der Waals surface area (Å²) in [5.74, 6) is 0. The van der Waals surface area contributed by atoms with E-state index in [4.69, 9.17) is 12.2 Å². The van der Waals surface area contributed by atoms with Gasteiger partial charge < -0.3 is 0 Å².